The molecular formula is C13H20N2O4S. The number of ether oxygens (including phenoxy) is 1. The Morgan fingerprint density at radius 3 is 2.35 bits per heavy atom. The third-order valence-corrected chi connectivity index (χ3v) is 5.52. The molecule has 0 spiro atoms. The minimum atomic E-state index is -3.42. The van der Waals surface area contributed by atoms with Gasteiger partial charge in [-0.15, -0.1) is 0 Å². The SMILES string of the molecule is COc1ccc(S(=O)(=O)N2CCC(CON)CC2)cc1. The van der Waals surface area contributed by atoms with Crippen molar-refractivity contribution in [3.63, 3.8) is 0 Å². The van der Waals surface area contributed by atoms with E-state index >= 15 is 0 Å². The largest absolute Gasteiger partial charge is 0.497 e. The highest BCUT2D eigenvalue weighted by atomic mass is 32.2. The van der Waals surface area contributed by atoms with E-state index in [-0.39, 0.29) is 0 Å². The van der Waals surface area contributed by atoms with Crippen LogP contribution in [0, 0.1) is 5.92 Å². The predicted octanol–water partition coefficient (Wildman–Crippen LogP) is 0.986. The summed E-state index contributed by atoms with van der Waals surface area (Å²) in [6.07, 6.45) is 1.54. The molecule has 6 nitrogen and oxygen atoms in total. The summed E-state index contributed by atoms with van der Waals surface area (Å²) in [7, 11) is -1.87. The summed E-state index contributed by atoms with van der Waals surface area (Å²) in [5.41, 5.74) is 0. The van der Waals surface area contributed by atoms with Gasteiger partial charge in [0.25, 0.3) is 0 Å². The molecule has 1 aromatic carbocycles. The molecule has 2 N–H and O–H groups in total. The lowest BCUT2D eigenvalue weighted by molar-refractivity contribution is 0.0805. The van der Waals surface area contributed by atoms with Crippen molar-refractivity contribution in [1.29, 1.82) is 0 Å². The standard InChI is InChI=1S/C13H20N2O4S/c1-18-12-2-4-13(5-3-12)20(16,17)15-8-6-11(7-9-15)10-19-14/h2-5,11H,6-10,14H2,1H3. The Bertz CT molecular complexity index is 522. The van der Waals surface area contributed by atoms with Crippen molar-refractivity contribution in [3.8, 4) is 5.75 Å². The Labute approximate surface area is 119 Å². The van der Waals surface area contributed by atoms with E-state index in [1.54, 1.807) is 31.4 Å². The number of sulfonamides is 1. The van der Waals surface area contributed by atoms with Crippen LogP contribution in [-0.2, 0) is 14.9 Å². The van der Waals surface area contributed by atoms with Crippen molar-refractivity contribution in [2.75, 3.05) is 26.8 Å². The molecule has 0 aliphatic carbocycles. The Balaban J connectivity index is 2.07. The first-order valence-corrected chi connectivity index (χ1v) is 7.98. The molecule has 1 aromatic rings. The monoisotopic (exact) mass is 300 g/mol. The lowest BCUT2D eigenvalue weighted by atomic mass is 9.99. The molecule has 1 aliphatic heterocycles. The Morgan fingerprint density at radius 1 is 1.25 bits per heavy atom. The first-order valence-electron chi connectivity index (χ1n) is 6.54. The fourth-order valence-corrected chi connectivity index (χ4v) is 3.82. The number of hydrogen-bond acceptors (Lipinski definition) is 5. The molecule has 112 valence electrons. The van der Waals surface area contributed by atoms with Gasteiger partial charge in [-0.1, -0.05) is 0 Å². The van der Waals surface area contributed by atoms with Gasteiger partial charge in [-0.05, 0) is 43.0 Å². The molecule has 1 heterocycles. The highest BCUT2D eigenvalue weighted by molar-refractivity contribution is 7.89. The predicted molar refractivity (Wildman–Crippen MR) is 74.6 cm³/mol. The zero-order chi connectivity index (χ0) is 14.6. The second kappa shape index (κ2) is 6.53. The normalized spacial score (nSPS) is 18.1. The van der Waals surface area contributed by atoms with Crippen LogP contribution in [0.25, 0.3) is 0 Å². The van der Waals surface area contributed by atoms with Gasteiger partial charge in [0, 0.05) is 13.1 Å². The molecule has 0 bridgehead atoms. The third kappa shape index (κ3) is 3.29. The Morgan fingerprint density at radius 2 is 1.85 bits per heavy atom. The van der Waals surface area contributed by atoms with Gasteiger partial charge < -0.3 is 9.57 Å². The van der Waals surface area contributed by atoms with Crippen LogP contribution >= 0.6 is 0 Å². The van der Waals surface area contributed by atoms with E-state index < -0.39 is 10.0 Å². The maximum atomic E-state index is 12.5. The van der Waals surface area contributed by atoms with Gasteiger partial charge in [0.15, 0.2) is 0 Å². The number of hydrogen-bond donors (Lipinski definition) is 1. The van der Waals surface area contributed by atoms with Crippen molar-refractivity contribution in [2.45, 2.75) is 17.7 Å². The van der Waals surface area contributed by atoms with Gasteiger partial charge in [-0.25, -0.2) is 14.3 Å². The molecule has 2 rings (SSSR count). The Hall–Kier alpha value is -1.15. The summed E-state index contributed by atoms with van der Waals surface area (Å²) in [4.78, 5) is 4.93. The second-order valence-corrected chi connectivity index (χ2v) is 6.79. The fourth-order valence-electron chi connectivity index (χ4n) is 2.35. The lowest BCUT2D eigenvalue weighted by Gasteiger charge is -2.30. The molecular weight excluding hydrogens is 280 g/mol. The summed E-state index contributed by atoms with van der Waals surface area (Å²) < 4.78 is 31.5. The maximum Gasteiger partial charge on any atom is 0.243 e. The minimum Gasteiger partial charge on any atom is -0.497 e. The van der Waals surface area contributed by atoms with E-state index in [2.05, 4.69) is 4.84 Å². The van der Waals surface area contributed by atoms with Crippen LogP contribution in [0.5, 0.6) is 5.75 Å². The summed E-state index contributed by atoms with van der Waals surface area (Å²) in [6, 6.07) is 6.45. The minimum absolute atomic E-state index is 0.298. The van der Waals surface area contributed by atoms with Gasteiger partial charge in [0.1, 0.15) is 5.75 Å². The van der Waals surface area contributed by atoms with E-state index in [1.807, 2.05) is 0 Å². The van der Waals surface area contributed by atoms with E-state index in [0.717, 1.165) is 12.8 Å². The van der Waals surface area contributed by atoms with Crippen LogP contribution < -0.4 is 10.6 Å². The summed E-state index contributed by atoms with van der Waals surface area (Å²) in [5, 5.41) is 0. The van der Waals surface area contributed by atoms with E-state index in [0.29, 0.717) is 36.3 Å². The van der Waals surface area contributed by atoms with Crippen LogP contribution in [-0.4, -0.2) is 39.5 Å². The average Bonchev–Trinajstić information content (AvgIpc) is 2.48. The van der Waals surface area contributed by atoms with Crippen LogP contribution in [0.1, 0.15) is 12.8 Å². The second-order valence-electron chi connectivity index (χ2n) is 4.86. The molecule has 1 fully saturated rings. The fraction of sp³-hybridized carbons (Fsp3) is 0.538. The van der Waals surface area contributed by atoms with Gasteiger partial charge in [0.2, 0.25) is 10.0 Å². The number of nitrogens with two attached hydrogens (primary N) is 1. The number of nitrogens with zero attached hydrogens (tertiary/aromatic N) is 1. The van der Waals surface area contributed by atoms with Crippen LogP contribution in [0.15, 0.2) is 29.2 Å². The molecule has 1 aliphatic rings. The molecule has 1 saturated heterocycles. The highest BCUT2D eigenvalue weighted by Crippen LogP contribution is 2.24. The van der Waals surface area contributed by atoms with Gasteiger partial charge in [0.05, 0.1) is 18.6 Å². The van der Waals surface area contributed by atoms with Gasteiger partial charge >= 0.3 is 0 Å². The molecule has 0 unspecified atom stereocenters. The van der Waals surface area contributed by atoms with Gasteiger partial charge in [-0.3, -0.25) is 0 Å². The molecule has 0 atom stereocenters. The van der Waals surface area contributed by atoms with Gasteiger partial charge in [-0.2, -0.15) is 4.31 Å². The number of methoxy groups -OCH3 is 1. The average molecular weight is 300 g/mol. The van der Waals surface area contributed by atoms with E-state index in [1.165, 1.54) is 4.31 Å². The van der Waals surface area contributed by atoms with Crippen molar-refractivity contribution in [1.82, 2.24) is 4.31 Å². The van der Waals surface area contributed by atoms with Crippen LogP contribution in [0.4, 0.5) is 0 Å². The van der Waals surface area contributed by atoms with Crippen molar-refractivity contribution in [3.05, 3.63) is 24.3 Å². The van der Waals surface area contributed by atoms with E-state index in [4.69, 9.17) is 10.6 Å². The summed E-state index contributed by atoms with van der Waals surface area (Å²) in [5.74, 6) is 6.03. The number of benzene rings is 1. The maximum absolute atomic E-state index is 12.5. The molecule has 7 heteroatoms. The van der Waals surface area contributed by atoms with Crippen molar-refractivity contribution in [2.24, 2.45) is 11.8 Å². The summed E-state index contributed by atoms with van der Waals surface area (Å²) >= 11 is 0. The zero-order valence-corrected chi connectivity index (χ0v) is 12.3. The molecule has 0 amide bonds. The Kier molecular flexibility index (Phi) is 4.98. The van der Waals surface area contributed by atoms with Crippen LogP contribution in [0.3, 0.4) is 0 Å². The van der Waals surface area contributed by atoms with Crippen molar-refractivity contribution >= 4 is 10.0 Å². The topological polar surface area (TPSA) is 81.9 Å². The van der Waals surface area contributed by atoms with Crippen LogP contribution in [0.2, 0.25) is 0 Å². The molecule has 0 saturated carbocycles. The quantitative estimate of drug-likeness (QED) is 0.820. The number of piperidine rings is 1. The summed E-state index contributed by atoms with van der Waals surface area (Å²) in [6.45, 7) is 1.49. The molecule has 0 radical (unpaired) electrons. The van der Waals surface area contributed by atoms with Crippen molar-refractivity contribution < 1.29 is 18.0 Å². The number of rotatable bonds is 5. The zero-order valence-electron chi connectivity index (χ0n) is 11.5. The molecule has 0 aromatic heterocycles. The van der Waals surface area contributed by atoms with E-state index in [9.17, 15) is 8.42 Å². The first-order chi connectivity index (χ1) is 9.57. The highest BCUT2D eigenvalue weighted by Gasteiger charge is 2.29. The lowest BCUT2D eigenvalue weighted by Crippen LogP contribution is -2.39. The molecule has 20 heavy (non-hydrogen) atoms. The first kappa shape index (κ1) is 15.2. The smallest absolute Gasteiger partial charge is 0.243 e. The third-order valence-electron chi connectivity index (χ3n) is 3.60.